The van der Waals surface area contributed by atoms with Gasteiger partial charge in [0.25, 0.3) is 0 Å². The maximum Gasteiger partial charge on any atom is 0.389 e. The van der Waals surface area contributed by atoms with Crippen molar-refractivity contribution in [3.05, 3.63) is 0 Å². The lowest BCUT2D eigenvalue weighted by Crippen LogP contribution is -2.27. The normalized spacial score (nSPS) is 23.2. The second kappa shape index (κ2) is 5.37. The lowest BCUT2D eigenvalue weighted by atomic mass is 10.2. The molecule has 0 saturated heterocycles. The van der Waals surface area contributed by atoms with E-state index in [2.05, 4.69) is 5.32 Å². The van der Waals surface area contributed by atoms with Gasteiger partial charge in [-0.15, -0.1) is 0 Å². The standard InChI is InChI=1S/C10H14F3NO3/c11-10(12,13)3-1-2-4-14-8(15)6-5-7(6)9(16)17/h6-7H,1-5H2,(H,14,15)(H,16,17)/t6-,7+/m1/s1. The van der Waals surface area contributed by atoms with Crippen LogP contribution in [0.25, 0.3) is 0 Å². The van der Waals surface area contributed by atoms with Gasteiger partial charge in [-0.1, -0.05) is 0 Å². The Labute approximate surface area is 96.2 Å². The van der Waals surface area contributed by atoms with Crippen molar-refractivity contribution in [1.29, 1.82) is 0 Å². The average molecular weight is 253 g/mol. The van der Waals surface area contributed by atoms with E-state index in [1.165, 1.54) is 0 Å². The maximum absolute atomic E-state index is 11.8. The highest BCUT2D eigenvalue weighted by atomic mass is 19.4. The Morgan fingerprint density at radius 2 is 1.88 bits per heavy atom. The van der Waals surface area contributed by atoms with Gasteiger partial charge in [0.1, 0.15) is 0 Å². The third-order valence-electron chi connectivity index (χ3n) is 2.63. The van der Waals surface area contributed by atoms with Crippen LogP contribution < -0.4 is 5.32 Å². The minimum Gasteiger partial charge on any atom is -0.481 e. The van der Waals surface area contributed by atoms with E-state index in [4.69, 9.17) is 5.11 Å². The minimum absolute atomic E-state index is 0.0309. The number of carbonyl (C=O) groups excluding carboxylic acids is 1. The molecule has 7 heteroatoms. The van der Waals surface area contributed by atoms with Gasteiger partial charge in [0.05, 0.1) is 11.8 Å². The molecule has 1 saturated carbocycles. The Morgan fingerprint density at radius 1 is 1.24 bits per heavy atom. The van der Waals surface area contributed by atoms with E-state index in [9.17, 15) is 22.8 Å². The van der Waals surface area contributed by atoms with Gasteiger partial charge in [-0.25, -0.2) is 0 Å². The zero-order chi connectivity index (χ0) is 13.1. The van der Waals surface area contributed by atoms with Gasteiger partial charge < -0.3 is 10.4 Å². The molecule has 0 aromatic carbocycles. The molecule has 0 aliphatic heterocycles. The number of hydrogen-bond acceptors (Lipinski definition) is 2. The van der Waals surface area contributed by atoms with E-state index in [1.54, 1.807) is 0 Å². The second-order valence-corrected chi connectivity index (χ2v) is 4.15. The van der Waals surface area contributed by atoms with E-state index in [0.717, 1.165) is 0 Å². The van der Waals surface area contributed by atoms with Crippen LogP contribution in [-0.2, 0) is 9.59 Å². The number of carboxylic acid groups (broad SMARTS) is 1. The van der Waals surface area contributed by atoms with Crippen molar-refractivity contribution < 1.29 is 27.9 Å². The third kappa shape index (κ3) is 5.06. The number of carboxylic acids is 1. The highest BCUT2D eigenvalue weighted by molar-refractivity contribution is 5.89. The largest absolute Gasteiger partial charge is 0.481 e. The van der Waals surface area contributed by atoms with Crippen LogP contribution >= 0.6 is 0 Å². The summed E-state index contributed by atoms with van der Waals surface area (Å²) in [5.41, 5.74) is 0. The number of aliphatic carboxylic acids is 1. The SMILES string of the molecule is O=C(O)[C@H]1C[C@H]1C(=O)NCCCCC(F)(F)F. The predicted molar refractivity (Wildman–Crippen MR) is 52.1 cm³/mol. The number of amides is 1. The molecule has 2 atom stereocenters. The molecular weight excluding hydrogens is 239 g/mol. The van der Waals surface area contributed by atoms with Crippen LogP contribution in [0.15, 0.2) is 0 Å². The highest BCUT2D eigenvalue weighted by Gasteiger charge is 2.48. The van der Waals surface area contributed by atoms with E-state index >= 15 is 0 Å². The summed E-state index contributed by atoms with van der Waals surface area (Å²) in [4.78, 5) is 21.7. The topological polar surface area (TPSA) is 66.4 Å². The molecule has 2 N–H and O–H groups in total. The minimum atomic E-state index is -4.16. The molecular formula is C10H14F3NO3. The number of nitrogens with one attached hydrogen (secondary N) is 1. The maximum atomic E-state index is 11.8. The fourth-order valence-electron chi connectivity index (χ4n) is 1.55. The van der Waals surface area contributed by atoms with Crippen molar-refractivity contribution in [2.45, 2.75) is 31.9 Å². The summed E-state index contributed by atoms with van der Waals surface area (Å²) in [6.07, 6.45) is -4.48. The Hall–Kier alpha value is -1.27. The van der Waals surface area contributed by atoms with Gasteiger partial charge in [-0.05, 0) is 19.3 Å². The molecule has 4 nitrogen and oxygen atoms in total. The summed E-state index contributed by atoms with van der Waals surface area (Å²) in [5.74, 6) is -2.49. The molecule has 0 unspecified atom stereocenters. The Morgan fingerprint density at radius 3 is 2.35 bits per heavy atom. The van der Waals surface area contributed by atoms with E-state index in [-0.39, 0.29) is 25.3 Å². The lowest BCUT2D eigenvalue weighted by Gasteiger charge is -2.06. The van der Waals surface area contributed by atoms with Crippen molar-refractivity contribution in [2.24, 2.45) is 11.8 Å². The molecule has 1 amide bonds. The van der Waals surface area contributed by atoms with Gasteiger partial charge in [0.15, 0.2) is 0 Å². The molecule has 0 bridgehead atoms. The lowest BCUT2D eigenvalue weighted by molar-refractivity contribution is -0.140. The summed E-state index contributed by atoms with van der Waals surface area (Å²) < 4.78 is 35.3. The predicted octanol–water partition coefficient (Wildman–Crippen LogP) is 1.56. The zero-order valence-corrected chi connectivity index (χ0v) is 9.09. The van der Waals surface area contributed by atoms with Crippen LogP contribution in [0.2, 0.25) is 0 Å². The molecule has 17 heavy (non-hydrogen) atoms. The molecule has 0 heterocycles. The molecule has 1 aliphatic carbocycles. The first-order valence-corrected chi connectivity index (χ1v) is 5.38. The van der Waals surface area contributed by atoms with Gasteiger partial charge in [0.2, 0.25) is 5.91 Å². The Bertz CT molecular complexity index is 304. The number of carbonyl (C=O) groups is 2. The van der Waals surface area contributed by atoms with E-state index in [1.807, 2.05) is 0 Å². The fraction of sp³-hybridized carbons (Fsp3) is 0.800. The summed E-state index contributed by atoms with van der Waals surface area (Å²) in [6, 6.07) is 0. The van der Waals surface area contributed by atoms with E-state index in [0.29, 0.717) is 6.42 Å². The number of halogens is 3. The van der Waals surface area contributed by atoms with Crippen LogP contribution in [0.1, 0.15) is 25.7 Å². The van der Waals surface area contributed by atoms with Crippen molar-refractivity contribution in [3.8, 4) is 0 Å². The van der Waals surface area contributed by atoms with Crippen molar-refractivity contribution >= 4 is 11.9 Å². The molecule has 0 aromatic heterocycles. The summed E-state index contributed by atoms with van der Waals surface area (Å²) in [7, 11) is 0. The monoisotopic (exact) mass is 253 g/mol. The first-order valence-electron chi connectivity index (χ1n) is 5.38. The summed E-state index contributed by atoms with van der Waals surface area (Å²) in [6.45, 7) is 0.164. The van der Waals surface area contributed by atoms with Crippen molar-refractivity contribution in [1.82, 2.24) is 5.32 Å². The number of alkyl halides is 3. The summed E-state index contributed by atoms with van der Waals surface area (Å²) in [5, 5.41) is 11.0. The Balaban J connectivity index is 2.04. The van der Waals surface area contributed by atoms with Gasteiger partial charge in [-0.2, -0.15) is 13.2 Å². The van der Waals surface area contributed by atoms with Crippen LogP contribution in [0, 0.1) is 11.8 Å². The van der Waals surface area contributed by atoms with Crippen LogP contribution in [0.3, 0.4) is 0 Å². The first kappa shape index (κ1) is 13.8. The quantitative estimate of drug-likeness (QED) is 0.706. The van der Waals surface area contributed by atoms with Gasteiger partial charge in [0, 0.05) is 13.0 Å². The molecule has 1 aliphatic rings. The first-order chi connectivity index (χ1) is 7.81. The van der Waals surface area contributed by atoms with Crippen LogP contribution in [0.5, 0.6) is 0 Å². The van der Waals surface area contributed by atoms with Crippen molar-refractivity contribution in [2.75, 3.05) is 6.54 Å². The third-order valence-corrected chi connectivity index (χ3v) is 2.63. The Kier molecular flexibility index (Phi) is 4.36. The number of hydrogen-bond donors (Lipinski definition) is 2. The molecule has 98 valence electrons. The van der Waals surface area contributed by atoms with Gasteiger partial charge >= 0.3 is 12.1 Å². The molecule has 0 spiro atoms. The molecule has 1 rings (SSSR count). The van der Waals surface area contributed by atoms with Crippen LogP contribution in [-0.4, -0.2) is 29.7 Å². The molecule has 1 fully saturated rings. The smallest absolute Gasteiger partial charge is 0.389 e. The second-order valence-electron chi connectivity index (χ2n) is 4.15. The number of rotatable bonds is 6. The van der Waals surface area contributed by atoms with Crippen molar-refractivity contribution in [3.63, 3.8) is 0 Å². The van der Waals surface area contributed by atoms with Gasteiger partial charge in [-0.3, -0.25) is 9.59 Å². The molecule has 0 aromatic rings. The average Bonchev–Trinajstić information content (AvgIpc) is 2.94. The molecule has 0 radical (unpaired) electrons. The fourth-order valence-corrected chi connectivity index (χ4v) is 1.55. The number of unbranched alkanes of at least 4 members (excludes halogenated alkanes) is 1. The van der Waals surface area contributed by atoms with Crippen LogP contribution in [0.4, 0.5) is 13.2 Å². The zero-order valence-electron chi connectivity index (χ0n) is 9.09. The van der Waals surface area contributed by atoms with E-state index < -0.39 is 30.4 Å². The summed E-state index contributed by atoms with van der Waals surface area (Å²) >= 11 is 0. The highest BCUT2D eigenvalue weighted by Crippen LogP contribution is 2.38.